The summed E-state index contributed by atoms with van der Waals surface area (Å²) in [4.78, 5) is 18.6. The summed E-state index contributed by atoms with van der Waals surface area (Å²) >= 11 is 14.3. The number of nitriles is 1. The molecule has 1 fully saturated rings. The smallest absolute Gasteiger partial charge is 0.410 e. The van der Waals surface area contributed by atoms with Crippen molar-refractivity contribution in [2.45, 2.75) is 51.3 Å². The molecule has 0 bridgehead atoms. The number of carbonyl (C=O) groups excluding carboxylic acids is 1. The molecule has 3 heterocycles. The number of aromatic nitrogens is 1. The molecule has 0 unspecified atom stereocenters. The highest BCUT2D eigenvalue weighted by atomic mass is 35.5. The molecule has 1 amide bonds. The van der Waals surface area contributed by atoms with E-state index in [1.165, 1.54) is 35.7 Å². The predicted molar refractivity (Wildman–Crippen MR) is 186 cm³/mol. The monoisotopic (exact) mass is 696 g/mol. The lowest BCUT2D eigenvalue weighted by Gasteiger charge is -2.37. The van der Waals surface area contributed by atoms with Crippen LogP contribution in [-0.2, 0) is 4.74 Å². The van der Waals surface area contributed by atoms with E-state index >= 15 is 0 Å². The first kappa shape index (κ1) is 34.1. The van der Waals surface area contributed by atoms with Crippen molar-refractivity contribution in [1.82, 2.24) is 14.9 Å². The third kappa shape index (κ3) is 8.18. The standard InChI is InChI=1S/C33H35Cl2FN8O2S/c1-33(2,3)46-32(45)43-9-6-23(7-10-43)44(39)17-28(38)30(19-8-11-47-18-19)42-22-12-24-29(41-21-4-5-27(36)25(34)13-21)20(15-37)16-40-31(24)26(35)14-22/h4-5,8,11-14,16-18,23,30,42H,6-7,9-10,38-39H2,1-3H3,(H,40,41)/b28-17-/t30-/m0/s1. The van der Waals surface area contributed by atoms with E-state index in [0.29, 0.717) is 64.6 Å². The second-order valence-electron chi connectivity index (χ2n) is 12.2. The number of rotatable bonds is 8. The van der Waals surface area contributed by atoms with Crippen molar-refractivity contribution in [1.29, 1.82) is 5.26 Å². The fourth-order valence-electron chi connectivity index (χ4n) is 5.27. The average Bonchev–Trinajstić information content (AvgIpc) is 3.56. The lowest BCUT2D eigenvalue weighted by Crippen LogP contribution is -2.48. The Bertz CT molecular complexity index is 1830. The van der Waals surface area contributed by atoms with Gasteiger partial charge in [0.05, 0.1) is 38.6 Å². The molecule has 4 aromatic rings. The number of nitrogens with two attached hydrogens (primary N) is 2. The number of nitrogens with zero attached hydrogens (tertiary/aromatic N) is 4. The molecule has 1 aliphatic heterocycles. The second-order valence-corrected chi connectivity index (χ2v) is 13.8. The van der Waals surface area contributed by atoms with Gasteiger partial charge in [0.15, 0.2) is 0 Å². The maximum Gasteiger partial charge on any atom is 0.410 e. The molecule has 2 aromatic carbocycles. The topological polar surface area (TPSA) is 146 Å². The number of hydrazine groups is 1. The molecule has 1 saturated heterocycles. The van der Waals surface area contributed by atoms with Crippen LogP contribution in [0.3, 0.4) is 0 Å². The number of anilines is 3. The number of nitrogens with one attached hydrogen (secondary N) is 2. The van der Waals surface area contributed by atoms with Crippen molar-refractivity contribution in [3.05, 3.63) is 92.2 Å². The third-order valence-electron chi connectivity index (χ3n) is 7.59. The molecule has 10 nitrogen and oxygen atoms in total. The van der Waals surface area contributed by atoms with Gasteiger partial charge in [-0.25, -0.2) is 15.0 Å². The Labute approximate surface area is 286 Å². The third-order valence-corrected chi connectivity index (χ3v) is 8.87. The summed E-state index contributed by atoms with van der Waals surface area (Å²) in [5, 5.41) is 22.9. The van der Waals surface area contributed by atoms with E-state index in [1.807, 2.05) is 43.7 Å². The van der Waals surface area contributed by atoms with Crippen LogP contribution in [0, 0.1) is 17.1 Å². The Kier molecular flexibility index (Phi) is 10.3. The second kappa shape index (κ2) is 14.2. The van der Waals surface area contributed by atoms with E-state index in [-0.39, 0.29) is 22.7 Å². The molecule has 0 aliphatic carbocycles. The highest BCUT2D eigenvalue weighted by molar-refractivity contribution is 7.08. The van der Waals surface area contributed by atoms with Gasteiger partial charge in [-0.2, -0.15) is 16.6 Å². The highest BCUT2D eigenvalue weighted by Crippen LogP contribution is 2.37. The molecule has 2 aromatic heterocycles. The number of carbonyl (C=O) groups is 1. The van der Waals surface area contributed by atoms with Crippen LogP contribution in [0.4, 0.5) is 26.2 Å². The number of likely N-dealkylation sites (tertiary alicyclic amines) is 1. The van der Waals surface area contributed by atoms with Crippen LogP contribution in [0.2, 0.25) is 10.0 Å². The Hall–Kier alpha value is -4.28. The number of thiophene rings is 1. The Morgan fingerprint density at radius 1 is 1.21 bits per heavy atom. The van der Waals surface area contributed by atoms with Crippen molar-refractivity contribution in [2.75, 3.05) is 23.7 Å². The molecular formula is C33H35Cl2FN8O2S. The SMILES string of the molecule is CC(C)(C)OC(=O)N1CCC(N(N)/C=C(\N)[C@@H](Nc2cc(Cl)c3ncc(C#N)c(Nc4ccc(F)c(Cl)c4)c3c2)c2ccsc2)CC1. The lowest BCUT2D eigenvalue weighted by molar-refractivity contribution is 0.0165. The van der Waals surface area contributed by atoms with E-state index in [1.54, 1.807) is 22.2 Å². The summed E-state index contributed by atoms with van der Waals surface area (Å²) in [7, 11) is 0. The van der Waals surface area contributed by atoms with Gasteiger partial charge in [-0.3, -0.25) is 4.98 Å². The van der Waals surface area contributed by atoms with Crippen LogP contribution in [0.1, 0.15) is 50.8 Å². The summed E-state index contributed by atoms with van der Waals surface area (Å²) in [6.07, 6.45) is 4.12. The van der Waals surface area contributed by atoms with Crippen molar-refractivity contribution >= 4 is 68.6 Å². The molecule has 0 spiro atoms. The lowest BCUT2D eigenvalue weighted by atomic mass is 10.0. The molecule has 6 N–H and O–H groups in total. The van der Waals surface area contributed by atoms with Crippen LogP contribution in [0.5, 0.6) is 0 Å². The van der Waals surface area contributed by atoms with E-state index in [2.05, 4.69) is 21.7 Å². The van der Waals surface area contributed by atoms with Gasteiger partial charge in [0.1, 0.15) is 17.5 Å². The van der Waals surface area contributed by atoms with Crippen LogP contribution in [0.15, 0.2) is 65.3 Å². The fourth-order valence-corrected chi connectivity index (χ4v) is 6.41. The summed E-state index contributed by atoms with van der Waals surface area (Å²) < 4.78 is 19.3. The maximum absolute atomic E-state index is 13.8. The number of hydrogen-bond donors (Lipinski definition) is 4. The highest BCUT2D eigenvalue weighted by Gasteiger charge is 2.29. The minimum Gasteiger partial charge on any atom is -0.444 e. The van der Waals surface area contributed by atoms with Crippen molar-refractivity contribution in [3.8, 4) is 6.07 Å². The first-order valence-electron chi connectivity index (χ1n) is 14.8. The predicted octanol–water partition coefficient (Wildman–Crippen LogP) is 7.89. The molecule has 246 valence electrons. The summed E-state index contributed by atoms with van der Waals surface area (Å²) in [6, 6.07) is 11.4. The minimum atomic E-state index is -0.562. The van der Waals surface area contributed by atoms with Crippen LogP contribution in [-0.4, -0.2) is 45.7 Å². The Balaban J connectivity index is 1.41. The van der Waals surface area contributed by atoms with Gasteiger partial charge in [0.2, 0.25) is 0 Å². The van der Waals surface area contributed by atoms with Gasteiger partial charge >= 0.3 is 6.09 Å². The number of halogens is 3. The van der Waals surface area contributed by atoms with Crippen molar-refractivity contribution in [2.24, 2.45) is 11.6 Å². The van der Waals surface area contributed by atoms with Gasteiger partial charge in [0.25, 0.3) is 0 Å². The zero-order chi connectivity index (χ0) is 33.9. The molecular weight excluding hydrogens is 662 g/mol. The fraction of sp³-hybridized carbons (Fsp3) is 0.303. The average molecular weight is 698 g/mol. The van der Waals surface area contributed by atoms with Gasteiger partial charge < -0.3 is 31.0 Å². The van der Waals surface area contributed by atoms with Crippen molar-refractivity contribution in [3.63, 3.8) is 0 Å². The van der Waals surface area contributed by atoms with E-state index < -0.39 is 17.5 Å². The normalized spacial score (nSPS) is 14.9. The van der Waals surface area contributed by atoms with Crippen LogP contribution < -0.4 is 22.2 Å². The van der Waals surface area contributed by atoms with Crippen molar-refractivity contribution < 1.29 is 13.9 Å². The summed E-state index contributed by atoms with van der Waals surface area (Å²) in [5.41, 5.74) is 9.79. The first-order valence-corrected chi connectivity index (χ1v) is 16.5. The quantitative estimate of drug-likeness (QED) is 0.107. The number of amides is 1. The van der Waals surface area contributed by atoms with E-state index in [0.717, 1.165) is 5.56 Å². The number of benzene rings is 2. The molecule has 5 rings (SSSR count). The van der Waals surface area contributed by atoms with Crippen LogP contribution >= 0.6 is 34.5 Å². The number of hydrogen-bond acceptors (Lipinski definition) is 10. The zero-order valence-corrected chi connectivity index (χ0v) is 28.4. The van der Waals surface area contributed by atoms with Gasteiger partial charge in [-0.1, -0.05) is 23.2 Å². The molecule has 1 aliphatic rings. The molecule has 1 atom stereocenters. The Morgan fingerprint density at radius 2 is 1.94 bits per heavy atom. The number of ether oxygens (including phenoxy) is 1. The summed E-state index contributed by atoms with van der Waals surface area (Å²) in [6.45, 7) is 6.57. The first-order chi connectivity index (χ1) is 22.3. The molecule has 0 saturated carbocycles. The van der Waals surface area contributed by atoms with Gasteiger partial charge in [-0.05, 0) is 86.3 Å². The van der Waals surface area contributed by atoms with E-state index in [9.17, 15) is 14.4 Å². The molecule has 47 heavy (non-hydrogen) atoms. The number of fused-ring (bicyclic) bond motifs is 1. The zero-order valence-electron chi connectivity index (χ0n) is 26.1. The maximum atomic E-state index is 13.8. The molecule has 0 radical (unpaired) electrons. The largest absolute Gasteiger partial charge is 0.444 e. The Morgan fingerprint density at radius 3 is 2.57 bits per heavy atom. The number of piperidine rings is 1. The molecule has 14 heteroatoms. The van der Waals surface area contributed by atoms with E-state index in [4.69, 9.17) is 39.5 Å². The van der Waals surface area contributed by atoms with Gasteiger partial charge in [-0.15, -0.1) is 0 Å². The van der Waals surface area contributed by atoms with Crippen LogP contribution in [0.25, 0.3) is 10.9 Å². The minimum absolute atomic E-state index is 0.0328. The van der Waals surface area contributed by atoms with Gasteiger partial charge in [0, 0.05) is 48.3 Å². The summed E-state index contributed by atoms with van der Waals surface area (Å²) in [5.74, 6) is 5.96. The number of pyridine rings is 1.